The average molecular weight is 297 g/mol. The van der Waals surface area contributed by atoms with Gasteiger partial charge < -0.3 is 0 Å². The number of fused-ring (bicyclic) bond motifs is 1. The molecule has 1 saturated carbocycles. The molecule has 1 N–H and O–H groups in total. The lowest BCUT2D eigenvalue weighted by molar-refractivity contribution is 0.243. The highest BCUT2D eigenvalue weighted by Crippen LogP contribution is 2.42. The van der Waals surface area contributed by atoms with Crippen molar-refractivity contribution in [2.24, 2.45) is 0 Å². The monoisotopic (exact) mass is 297 g/mol. The van der Waals surface area contributed by atoms with Crippen molar-refractivity contribution >= 4 is 0 Å². The molecule has 0 saturated heterocycles. The van der Waals surface area contributed by atoms with E-state index in [1.807, 2.05) is 12.4 Å². The smallest absolute Gasteiger partial charge is 0.130 e. The van der Waals surface area contributed by atoms with Crippen LogP contribution in [-0.2, 0) is 19.5 Å². The predicted molar refractivity (Wildman–Crippen MR) is 84.5 cm³/mol. The first kappa shape index (κ1) is 13.9. The van der Waals surface area contributed by atoms with Gasteiger partial charge >= 0.3 is 0 Å². The molecular formula is C17H23N5. The maximum atomic E-state index is 4.56. The second-order valence-corrected chi connectivity index (χ2v) is 6.91. The van der Waals surface area contributed by atoms with Crippen molar-refractivity contribution in [1.29, 1.82) is 0 Å². The number of aromatic nitrogens is 4. The molecule has 1 aliphatic heterocycles. The molecule has 2 aromatic heterocycles. The van der Waals surface area contributed by atoms with Crippen molar-refractivity contribution in [3.63, 3.8) is 0 Å². The second kappa shape index (κ2) is 5.47. The molecule has 116 valence electrons. The maximum Gasteiger partial charge on any atom is 0.130 e. The molecule has 0 amide bonds. The minimum Gasteiger partial charge on any atom is -0.294 e. The third kappa shape index (κ3) is 2.65. The molecule has 0 atom stereocenters. The topological polar surface area (TPSA) is 57.7 Å². The van der Waals surface area contributed by atoms with Gasteiger partial charge in [0.25, 0.3) is 0 Å². The van der Waals surface area contributed by atoms with Gasteiger partial charge in [0.2, 0.25) is 0 Å². The molecule has 2 aromatic rings. The third-order valence-corrected chi connectivity index (χ3v) is 4.66. The van der Waals surface area contributed by atoms with Crippen LogP contribution in [0.1, 0.15) is 66.9 Å². The van der Waals surface area contributed by atoms with E-state index in [-0.39, 0.29) is 0 Å². The standard InChI is InChI=1S/C17H23N5/c1-11(2)17-18-7-12(8-19-17)9-22-6-5-15-14(10-22)16(21-20-15)13-3-4-13/h7-8,11,13H,3-6,9-10H2,1-2H3,(H,20,21). The van der Waals surface area contributed by atoms with Gasteiger partial charge in [-0.15, -0.1) is 0 Å². The lowest BCUT2D eigenvalue weighted by Crippen LogP contribution is -2.30. The zero-order valence-corrected chi connectivity index (χ0v) is 13.3. The van der Waals surface area contributed by atoms with E-state index in [9.17, 15) is 0 Å². The Morgan fingerprint density at radius 2 is 2.05 bits per heavy atom. The van der Waals surface area contributed by atoms with Crippen LogP contribution in [0.15, 0.2) is 12.4 Å². The van der Waals surface area contributed by atoms with Crippen molar-refractivity contribution in [3.05, 3.63) is 40.7 Å². The molecule has 1 fully saturated rings. The van der Waals surface area contributed by atoms with Crippen LogP contribution in [0.3, 0.4) is 0 Å². The number of nitrogens with zero attached hydrogens (tertiary/aromatic N) is 4. The van der Waals surface area contributed by atoms with Crippen molar-refractivity contribution in [3.8, 4) is 0 Å². The Morgan fingerprint density at radius 1 is 1.27 bits per heavy atom. The highest BCUT2D eigenvalue weighted by molar-refractivity contribution is 5.32. The normalized spacial score (nSPS) is 18.7. The summed E-state index contributed by atoms with van der Waals surface area (Å²) in [4.78, 5) is 11.4. The molecule has 2 aliphatic rings. The molecule has 3 heterocycles. The van der Waals surface area contributed by atoms with E-state index in [0.29, 0.717) is 11.8 Å². The molecule has 0 bridgehead atoms. The summed E-state index contributed by atoms with van der Waals surface area (Å²) in [5, 5.41) is 7.81. The number of nitrogens with one attached hydrogen (secondary N) is 1. The van der Waals surface area contributed by atoms with Gasteiger partial charge in [0, 0.05) is 67.1 Å². The summed E-state index contributed by atoms with van der Waals surface area (Å²) < 4.78 is 0. The number of rotatable bonds is 4. The summed E-state index contributed by atoms with van der Waals surface area (Å²) in [5.41, 5.74) is 5.33. The Labute approximate surface area is 131 Å². The molecule has 0 aromatic carbocycles. The Kier molecular flexibility index (Phi) is 3.45. The minimum atomic E-state index is 0.388. The van der Waals surface area contributed by atoms with E-state index in [2.05, 4.69) is 38.9 Å². The number of hydrogen-bond donors (Lipinski definition) is 1. The van der Waals surface area contributed by atoms with Gasteiger partial charge in [-0.3, -0.25) is 10.00 Å². The number of aromatic amines is 1. The Bertz CT molecular complexity index is 654. The summed E-state index contributed by atoms with van der Waals surface area (Å²) >= 11 is 0. The predicted octanol–water partition coefficient (Wildman–Crippen LogP) is 2.76. The van der Waals surface area contributed by atoms with Crippen LogP contribution in [-0.4, -0.2) is 31.6 Å². The molecule has 5 heteroatoms. The van der Waals surface area contributed by atoms with Crippen LogP contribution in [0.5, 0.6) is 0 Å². The lowest BCUT2D eigenvalue weighted by Gasteiger charge is -2.27. The first-order chi connectivity index (χ1) is 10.7. The van der Waals surface area contributed by atoms with Crippen LogP contribution in [0, 0.1) is 0 Å². The zero-order valence-electron chi connectivity index (χ0n) is 13.3. The summed E-state index contributed by atoms with van der Waals surface area (Å²) in [6.07, 6.45) is 7.65. The van der Waals surface area contributed by atoms with Gasteiger partial charge in [0.15, 0.2) is 0 Å². The minimum absolute atomic E-state index is 0.388. The fourth-order valence-corrected chi connectivity index (χ4v) is 3.21. The first-order valence-corrected chi connectivity index (χ1v) is 8.30. The highest BCUT2D eigenvalue weighted by Gasteiger charge is 2.32. The van der Waals surface area contributed by atoms with Crippen molar-refractivity contribution in [2.45, 2.75) is 58.0 Å². The average Bonchev–Trinajstić information content (AvgIpc) is 3.28. The van der Waals surface area contributed by atoms with Gasteiger partial charge in [-0.05, 0) is 12.8 Å². The summed E-state index contributed by atoms with van der Waals surface area (Å²) in [7, 11) is 0. The van der Waals surface area contributed by atoms with Crippen LogP contribution < -0.4 is 0 Å². The van der Waals surface area contributed by atoms with Crippen LogP contribution in [0.2, 0.25) is 0 Å². The highest BCUT2D eigenvalue weighted by atomic mass is 15.2. The SMILES string of the molecule is CC(C)c1ncc(CN2CCc3[nH]nc(C4CC4)c3C2)cn1. The molecule has 22 heavy (non-hydrogen) atoms. The lowest BCUT2D eigenvalue weighted by atomic mass is 10.0. The van der Waals surface area contributed by atoms with Gasteiger partial charge in [-0.2, -0.15) is 5.10 Å². The van der Waals surface area contributed by atoms with Gasteiger partial charge in [-0.25, -0.2) is 9.97 Å². The molecule has 0 spiro atoms. The number of H-pyrrole nitrogens is 1. The van der Waals surface area contributed by atoms with Crippen molar-refractivity contribution < 1.29 is 0 Å². The van der Waals surface area contributed by atoms with Crippen molar-refractivity contribution in [1.82, 2.24) is 25.1 Å². The van der Waals surface area contributed by atoms with E-state index in [1.165, 1.54) is 35.4 Å². The quantitative estimate of drug-likeness (QED) is 0.942. The Hall–Kier alpha value is -1.75. The van der Waals surface area contributed by atoms with Gasteiger partial charge in [0.1, 0.15) is 5.82 Å². The van der Waals surface area contributed by atoms with Crippen LogP contribution in [0.4, 0.5) is 0 Å². The summed E-state index contributed by atoms with van der Waals surface area (Å²) in [6.45, 7) is 7.25. The molecule has 5 nitrogen and oxygen atoms in total. The maximum absolute atomic E-state index is 4.56. The summed E-state index contributed by atoms with van der Waals surface area (Å²) in [5.74, 6) is 2.03. The Balaban J connectivity index is 1.46. The first-order valence-electron chi connectivity index (χ1n) is 8.30. The van der Waals surface area contributed by atoms with E-state index in [1.54, 1.807) is 0 Å². The number of hydrogen-bond acceptors (Lipinski definition) is 4. The van der Waals surface area contributed by atoms with Gasteiger partial charge in [-0.1, -0.05) is 13.8 Å². The van der Waals surface area contributed by atoms with Gasteiger partial charge in [0.05, 0.1) is 5.69 Å². The van der Waals surface area contributed by atoms with Crippen molar-refractivity contribution in [2.75, 3.05) is 6.54 Å². The molecule has 4 rings (SSSR count). The van der Waals surface area contributed by atoms with E-state index in [0.717, 1.165) is 31.9 Å². The van der Waals surface area contributed by atoms with E-state index >= 15 is 0 Å². The van der Waals surface area contributed by atoms with E-state index in [4.69, 9.17) is 0 Å². The molecule has 1 aliphatic carbocycles. The zero-order chi connectivity index (χ0) is 15.1. The van der Waals surface area contributed by atoms with Crippen LogP contribution >= 0.6 is 0 Å². The van der Waals surface area contributed by atoms with Crippen LogP contribution in [0.25, 0.3) is 0 Å². The summed E-state index contributed by atoms with van der Waals surface area (Å²) in [6, 6.07) is 0. The third-order valence-electron chi connectivity index (χ3n) is 4.66. The Morgan fingerprint density at radius 3 is 2.73 bits per heavy atom. The van der Waals surface area contributed by atoms with E-state index < -0.39 is 0 Å². The molecular weight excluding hydrogens is 274 g/mol. The fraction of sp³-hybridized carbons (Fsp3) is 0.588. The molecule has 0 unspecified atom stereocenters. The second-order valence-electron chi connectivity index (χ2n) is 6.91. The largest absolute Gasteiger partial charge is 0.294 e. The molecule has 0 radical (unpaired) electrons. The fourth-order valence-electron chi connectivity index (χ4n) is 3.21.